The van der Waals surface area contributed by atoms with Crippen LogP contribution in [0.15, 0.2) is 28.1 Å². The Kier molecular flexibility index (Phi) is 14.3. The number of carbonyl (C=O) groups excluding carboxylic acids is 4. The average molecular weight is 773 g/mol. The largest absolute Gasteiger partial charge is 0.508 e. The van der Waals surface area contributed by atoms with Gasteiger partial charge in [0.2, 0.25) is 0 Å². The van der Waals surface area contributed by atoms with Crippen LogP contribution in [0.2, 0.25) is 0 Å². The summed E-state index contributed by atoms with van der Waals surface area (Å²) in [6.45, 7) is 7.77. The first kappa shape index (κ1) is 43.4. The molecule has 53 heavy (non-hydrogen) atoms. The number of allylic oxidation sites excluding steroid dienone is 1. The Labute approximate surface area is 309 Å². The van der Waals surface area contributed by atoms with Crippen LogP contribution in [0.1, 0.15) is 54.4 Å². The number of nitrogens with one attached hydrogen (secondary N) is 1. The van der Waals surface area contributed by atoms with Crippen LogP contribution in [0.25, 0.3) is 0 Å². The number of carbonyl (C=O) groups is 5. The van der Waals surface area contributed by atoms with Crippen molar-refractivity contribution < 1.29 is 82.7 Å². The van der Waals surface area contributed by atoms with Gasteiger partial charge in [0.05, 0.1) is 29.7 Å². The fourth-order valence-corrected chi connectivity index (χ4v) is 6.41. The van der Waals surface area contributed by atoms with E-state index in [1.165, 1.54) is 34.0 Å². The SMILES string of the molecule is CC=C(N=C=S)C(=O)OC1C(COC(C)=O)OC(C2(O)CC(=O)C(=N)C(C(=O)O)=C2O)C(O)C1OC1CC(OC)C(O)(C(C)OC(=O)C(C)C)C(C)O1. The molecule has 3 rings (SSSR count). The van der Waals surface area contributed by atoms with Crippen LogP contribution in [-0.2, 0) is 57.1 Å². The molecule has 2 saturated heterocycles. The zero-order valence-electron chi connectivity index (χ0n) is 30.0. The van der Waals surface area contributed by atoms with Crippen molar-refractivity contribution in [1.82, 2.24) is 0 Å². The number of aliphatic hydroxyl groups excluding tert-OH is 2. The molecule has 3 aliphatic rings. The molecule has 6 N–H and O–H groups in total. The lowest BCUT2D eigenvalue weighted by molar-refractivity contribution is -0.345. The molecule has 0 spiro atoms. The first-order valence-corrected chi connectivity index (χ1v) is 16.8. The number of carboxylic acid groups (broad SMARTS) is 1. The molecule has 0 aromatic carbocycles. The van der Waals surface area contributed by atoms with Gasteiger partial charge in [-0.05, 0) is 33.0 Å². The van der Waals surface area contributed by atoms with Crippen LogP contribution in [0.5, 0.6) is 0 Å². The van der Waals surface area contributed by atoms with E-state index in [1.807, 2.05) is 5.16 Å². The first-order valence-electron chi connectivity index (χ1n) is 16.4. The summed E-state index contributed by atoms with van der Waals surface area (Å²) in [6.07, 6.45) is -15.0. The maximum atomic E-state index is 13.3. The number of aliphatic hydroxyl groups is 4. The van der Waals surface area contributed by atoms with Gasteiger partial charge in [-0.1, -0.05) is 19.9 Å². The zero-order chi connectivity index (χ0) is 40.2. The second-order valence-corrected chi connectivity index (χ2v) is 13.1. The van der Waals surface area contributed by atoms with Crippen molar-refractivity contribution in [1.29, 1.82) is 5.41 Å². The zero-order valence-corrected chi connectivity index (χ0v) is 30.8. The number of rotatable bonds is 13. The predicted octanol–water partition coefficient (Wildman–Crippen LogP) is 0.0705. The molecule has 0 bridgehead atoms. The molecular formula is C33H44N2O17S. The Morgan fingerprint density at radius 2 is 1.81 bits per heavy atom. The Balaban J connectivity index is 2.15. The third kappa shape index (κ3) is 8.88. The van der Waals surface area contributed by atoms with Gasteiger partial charge in [0.1, 0.15) is 54.2 Å². The third-order valence-electron chi connectivity index (χ3n) is 9.23. The lowest BCUT2D eigenvalue weighted by Crippen LogP contribution is -2.70. The third-order valence-corrected chi connectivity index (χ3v) is 9.32. The highest BCUT2D eigenvalue weighted by molar-refractivity contribution is 7.78. The van der Waals surface area contributed by atoms with Crippen molar-refractivity contribution in [2.45, 2.75) is 121 Å². The molecule has 1 aliphatic carbocycles. The van der Waals surface area contributed by atoms with Crippen molar-refractivity contribution >= 4 is 52.8 Å². The Morgan fingerprint density at radius 1 is 1.17 bits per heavy atom. The number of nitrogens with zero attached hydrogens (tertiary/aromatic N) is 1. The minimum atomic E-state index is -3.03. The number of Topliss-reactive ketones (excluding diaryl/α,β-unsaturated/α-hetero) is 1. The van der Waals surface area contributed by atoms with Crippen molar-refractivity contribution in [2.24, 2.45) is 10.9 Å². The number of carboxylic acids is 1. The number of thiocarbonyl (C=S) groups is 1. The predicted molar refractivity (Wildman–Crippen MR) is 180 cm³/mol. The fourth-order valence-electron chi connectivity index (χ4n) is 6.31. The van der Waals surface area contributed by atoms with Crippen molar-refractivity contribution in [3.8, 4) is 0 Å². The number of hydrogen-bond acceptors (Lipinski definition) is 19. The molecule has 0 amide bonds. The summed E-state index contributed by atoms with van der Waals surface area (Å²) in [5.74, 6) is -7.74. The molecule has 11 unspecified atom stereocenters. The molecule has 0 saturated carbocycles. The summed E-state index contributed by atoms with van der Waals surface area (Å²) < 4.78 is 39.9. The van der Waals surface area contributed by atoms with Crippen LogP contribution < -0.4 is 0 Å². The molecule has 2 fully saturated rings. The molecule has 19 nitrogen and oxygen atoms in total. The summed E-state index contributed by atoms with van der Waals surface area (Å²) in [7, 11) is 1.26. The Morgan fingerprint density at radius 3 is 2.34 bits per heavy atom. The molecule has 20 heteroatoms. The molecule has 0 aromatic heterocycles. The van der Waals surface area contributed by atoms with E-state index in [0.29, 0.717) is 0 Å². The van der Waals surface area contributed by atoms with Crippen molar-refractivity contribution in [3.05, 3.63) is 23.1 Å². The van der Waals surface area contributed by atoms with Gasteiger partial charge in [-0.2, -0.15) is 4.99 Å². The average Bonchev–Trinajstić information content (AvgIpc) is 3.08. The van der Waals surface area contributed by atoms with E-state index < -0.39 is 132 Å². The summed E-state index contributed by atoms with van der Waals surface area (Å²) in [4.78, 5) is 66.0. The number of isothiocyanates is 1. The van der Waals surface area contributed by atoms with Gasteiger partial charge < -0.3 is 58.7 Å². The maximum Gasteiger partial charge on any atom is 0.357 e. The monoisotopic (exact) mass is 772 g/mol. The van der Waals surface area contributed by atoms with E-state index in [4.69, 9.17) is 38.6 Å². The van der Waals surface area contributed by atoms with Gasteiger partial charge in [0.25, 0.3) is 0 Å². The van der Waals surface area contributed by atoms with E-state index >= 15 is 0 Å². The summed E-state index contributed by atoms with van der Waals surface area (Å²) in [5.41, 5.74) is -7.74. The van der Waals surface area contributed by atoms with Crippen molar-refractivity contribution in [3.63, 3.8) is 0 Å². The number of methoxy groups -OCH3 is 1. The number of ketones is 1. The fraction of sp³-hybridized carbons (Fsp3) is 0.667. The van der Waals surface area contributed by atoms with Crippen LogP contribution in [-0.4, -0.2) is 146 Å². The van der Waals surface area contributed by atoms with E-state index in [-0.39, 0.29) is 12.1 Å². The van der Waals surface area contributed by atoms with Gasteiger partial charge in [0.15, 0.2) is 35.1 Å². The number of esters is 3. The minimum absolute atomic E-state index is 0.325. The summed E-state index contributed by atoms with van der Waals surface area (Å²) >= 11 is 4.60. The van der Waals surface area contributed by atoms with Crippen LogP contribution in [0.4, 0.5) is 0 Å². The maximum absolute atomic E-state index is 13.3. The van der Waals surface area contributed by atoms with Gasteiger partial charge in [0, 0.05) is 20.5 Å². The molecule has 0 aromatic rings. The summed E-state index contributed by atoms with van der Waals surface area (Å²) in [5, 5.41) is 66.0. The standard InChI is InChI=1S/C33H44N2O17S/c1-8-17(35-12-53)31(43)52-25-19(11-47-16(6)36)50-28(32(44)10-18(37)23(34)22(27(32)39)29(40)41)24(38)26(25)51-21-9-20(46-7)33(45,14(4)48-21)15(5)49-30(42)13(2)3/h8,13-15,19-21,24-26,28,34,38-39,44-45H,9-11H2,1-7H3,(H,40,41). The van der Waals surface area contributed by atoms with E-state index in [2.05, 4.69) is 17.2 Å². The number of aliphatic carboxylic acids is 1. The summed E-state index contributed by atoms with van der Waals surface area (Å²) in [6, 6.07) is 0. The smallest absolute Gasteiger partial charge is 0.357 e. The van der Waals surface area contributed by atoms with Gasteiger partial charge in [-0.25, -0.2) is 9.59 Å². The highest BCUT2D eigenvalue weighted by Crippen LogP contribution is 2.42. The molecule has 2 aliphatic heterocycles. The van der Waals surface area contributed by atoms with E-state index in [9.17, 15) is 49.5 Å². The minimum Gasteiger partial charge on any atom is -0.508 e. The molecule has 0 radical (unpaired) electrons. The Bertz CT molecular complexity index is 1590. The van der Waals surface area contributed by atoms with Gasteiger partial charge in [-0.15, -0.1) is 0 Å². The molecular weight excluding hydrogens is 728 g/mol. The van der Waals surface area contributed by atoms with E-state index in [0.717, 1.165) is 6.92 Å². The molecule has 294 valence electrons. The van der Waals surface area contributed by atoms with Crippen LogP contribution in [0.3, 0.4) is 0 Å². The van der Waals surface area contributed by atoms with Crippen molar-refractivity contribution in [2.75, 3.05) is 13.7 Å². The normalized spacial score (nSPS) is 34.2. The molecule has 2 heterocycles. The second-order valence-electron chi connectivity index (χ2n) is 13.0. The van der Waals surface area contributed by atoms with Gasteiger partial charge in [-0.3, -0.25) is 19.8 Å². The van der Waals surface area contributed by atoms with Crippen LogP contribution >= 0.6 is 12.2 Å². The molecule has 11 atom stereocenters. The lowest BCUT2D eigenvalue weighted by atomic mass is 9.74. The Hall–Kier alpha value is -3.98. The number of aliphatic imine (C=N–C) groups is 1. The quantitative estimate of drug-likeness (QED) is 0.0475. The second kappa shape index (κ2) is 17.4. The van der Waals surface area contributed by atoms with E-state index in [1.54, 1.807) is 13.8 Å². The van der Waals surface area contributed by atoms with Gasteiger partial charge >= 0.3 is 23.9 Å². The highest BCUT2D eigenvalue weighted by atomic mass is 32.1. The number of ether oxygens (including phenoxy) is 7. The first-order chi connectivity index (χ1) is 24.7. The lowest BCUT2D eigenvalue weighted by Gasteiger charge is -2.52. The highest BCUT2D eigenvalue weighted by Gasteiger charge is 2.62. The van der Waals surface area contributed by atoms with Crippen LogP contribution in [0, 0.1) is 11.3 Å². The topological polar surface area (TPSA) is 287 Å². The number of hydrogen-bond donors (Lipinski definition) is 6.